The molecule has 6 nitrogen and oxygen atoms in total. The number of benzene rings is 1. The normalized spacial score (nSPS) is 16.8. The third-order valence-corrected chi connectivity index (χ3v) is 4.40. The molecule has 1 heterocycles. The van der Waals surface area contributed by atoms with Gasteiger partial charge in [-0.2, -0.15) is 0 Å². The first-order valence-electron chi connectivity index (χ1n) is 6.45. The van der Waals surface area contributed by atoms with Crippen LogP contribution in [-0.4, -0.2) is 38.6 Å². The summed E-state index contributed by atoms with van der Waals surface area (Å²) in [5, 5.41) is 9.86. The molecule has 1 aliphatic heterocycles. The second-order valence-corrected chi connectivity index (χ2v) is 6.12. The SMILES string of the molecule is CCCSC(C)(ON1C(=O)c2ccccc2C1=O)C(=O)O. The summed E-state index contributed by atoms with van der Waals surface area (Å²) in [5.74, 6) is -1.98. The Morgan fingerprint density at radius 1 is 1.29 bits per heavy atom. The first-order valence-corrected chi connectivity index (χ1v) is 7.43. The molecule has 0 bridgehead atoms. The number of fused-ring (bicyclic) bond motifs is 1. The van der Waals surface area contributed by atoms with Gasteiger partial charge in [-0.3, -0.25) is 9.59 Å². The van der Waals surface area contributed by atoms with E-state index in [4.69, 9.17) is 4.84 Å². The Balaban J connectivity index is 2.26. The maximum atomic E-state index is 12.2. The van der Waals surface area contributed by atoms with Crippen LogP contribution in [0.1, 0.15) is 41.0 Å². The molecule has 0 fully saturated rings. The highest BCUT2D eigenvalue weighted by molar-refractivity contribution is 8.01. The summed E-state index contributed by atoms with van der Waals surface area (Å²) in [6.45, 7) is 3.23. The molecule has 1 aliphatic rings. The number of carboxylic acids is 1. The quantitative estimate of drug-likeness (QED) is 0.640. The zero-order valence-corrected chi connectivity index (χ0v) is 12.5. The van der Waals surface area contributed by atoms with E-state index in [-0.39, 0.29) is 11.1 Å². The fourth-order valence-electron chi connectivity index (χ4n) is 1.85. The highest BCUT2D eigenvalue weighted by atomic mass is 32.2. The predicted octanol–water partition coefficient (Wildman–Crippen LogP) is 2.16. The van der Waals surface area contributed by atoms with Crippen LogP contribution in [-0.2, 0) is 9.63 Å². The van der Waals surface area contributed by atoms with E-state index in [0.717, 1.165) is 18.2 Å². The number of nitrogens with zero attached hydrogens (tertiary/aromatic N) is 1. The van der Waals surface area contributed by atoms with E-state index in [1.54, 1.807) is 12.1 Å². The predicted molar refractivity (Wildman–Crippen MR) is 76.8 cm³/mol. The van der Waals surface area contributed by atoms with Crippen molar-refractivity contribution in [3.05, 3.63) is 35.4 Å². The molecule has 1 atom stereocenters. The average molecular weight is 309 g/mol. The molecule has 0 aromatic heterocycles. The maximum Gasteiger partial charge on any atom is 0.349 e. The van der Waals surface area contributed by atoms with Gasteiger partial charge in [-0.15, -0.1) is 16.8 Å². The van der Waals surface area contributed by atoms with Crippen molar-refractivity contribution in [1.29, 1.82) is 0 Å². The lowest BCUT2D eigenvalue weighted by Gasteiger charge is -2.27. The van der Waals surface area contributed by atoms with Gasteiger partial charge in [0.1, 0.15) is 0 Å². The Labute approximate surface area is 126 Å². The zero-order chi connectivity index (χ0) is 15.6. The van der Waals surface area contributed by atoms with Crippen molar-refractivity contribution in [2.75, 3.05) is 5.75 Å². The minimum Gasteiger partial charge on any atom is -0.478 e. The summed E-state index contributed by atoms with van der Waals surface area (Å²) >= 11 is 1.03. The maximum absolute atomic E-state index is 12.2. The summed E-state index contributed by atoms with van der Waals surface area (Å²) < 4.78 is 0. The Hall–Kier alpha value is -1.86. The van der Waals surface area contributed by atoms with Crippen LogP contribution in [0.15, 0.2) is 24.3 Å². The van der Waals surface area contributed by atoms with E-state index < -0.39 is 22.7 Å². The Morgan fingerprint density at radius 2 is 1.81 bits per heavy atom. The molecule has 2 rings (SSSR count). The summed E-state index contributed by atoms with van der Waals surface area (Å²) in [4.78, 5) is 39.3. The molecular weight excluding hydrogens is 294 g/mol. The number of thioether (sulfide) groups is 1. The number of rotatable bonds is 6. The van der Waals surface area contributed by atoms with Gasteiger partial charge in [-0.05, 0) is 31.2 Å². The second-order valence-electron chi connectivity index (χ2n) is 4.64. The van der Waals surface area contributed by atoms with Crippen molar-refractivity contribution in [3.63, 3.8) is 0 Å². The third kappa shape index (κ3) is 2.79. The highest BCUT2D eigenvalue weighted by Crippen LogP contribution is 2.32. The number of carbonyl (C=O) groups excluding carboxylic acids is 2. The Morgan fingerprint density at radius 3 is 2.24 bits per heavy atom. The van der Waals surface area contributed by atoms with Crippen LogP contribution >= 0.6 is 11.8 Å². The van der Waals surface area contributed by atoms with Gasteiger partial charge in [0, 0.05) is 0 Å². The van der Waals surface area contributed by atoms with Crippen LogP contribution in [0.5, 0.6) is 0 Å². The van der Waals surface area contributed by atoms with E-state index >= 15 is 0 Å². The van der Waals surface area contributed by atoms with Gasteiger partial charge in [-0.1, -0.05) is 19.1 Å². The Bertz CT molecular complexity index is 568. The number of carbonyl (C=O) groups is 3. The highest BCUT2D eigenvalue weighted by Gasteiger charge is 2.45. The summed E-state index contributed by atoms with van der Waals surface area (Å²) in [5.41, 5.74) is 0.437. The molecular formula is C14H15NO5S. The molecule has 112 valence electrons. The second kappa shape index (κ2) is 5.87. The van der Waals surface area contributed by atoms with E-state index in [0.29, 0.717) is 10.8 Å². The molecule has 1 N–H and O–H groups in total. The third-order valence-electron chi connectivity index (χ3n) is 2.99. The summed E-state index contributed by atoms with van der Waals surface area (Å²) in [7, 11) is 0. The summed E-state index contributed by atoms with van der Waals surface area (Å²) in [6.07, 6.45) is 0.749. The number of carboxylic acid groups (broad SMARTS) is 1. The van der Waals surface area contributed by atoms with Gasteiger partial charge in [0.2, 0.25) is 4.93 Å². The van der Waals surface area contributed by atoms with Crippen LogP contribution in [0.2, 0.25) is 0 Å². The van der Waals surface area contributed by atoms with Crippen LogP contribution in [0.25, 0.3) is 0 Å². The molecule has 1 aromatic carbocycles. The fourth-order valence-corrected chi connectivity index (χ4v) is 2.69. The standard InChI is InChI=1S/C14H15NO5S/c1-3-8-21-14(2,13(18)19)20-15-11(16)9-6-4-5-7-10(9)12(15)17/h4-7H,3,8H2,1-2H3,(H,18,19). The molecule has 7 heteroatoms. The van der Waals surface area contributed by atoms with Gasteiger partial charge in [0.25, 0.3) is 11.8 Å². The van der Waals surface area contributed by atoms with E-state index in [1.807, 2.05) is 6.92 Å². The number of aliphatic carboxylic acids is 1. The van der Waals surface area contributed by atoms with E-state index in [1.165, 1.54) is 19.1 Å². The number of amides is 2. The molecule has 21 heavy (non-hydrogen) atoms. The smallest absolute Gasteiger partial charge is 0.349 e. The fraction of sp³-hybridized carbons (Fsp3) is 0.357. The van der Waals surface area contributed by atoms with Crippen molar-refractivity contribution in [1.82, 2.24) is 5.06 Å². The Kier molecular flexibility index (Phi) is 4.34. The zero-order valence-electron chi connectivity index (χ0n) is 11.7. The molecule has 0 aliphatic carbocycles. The first-order chi connectivity index (χ1) is 9.90. The number of hydrogen-bond acceptors (Lipinski definition) is 5. The van der Waals surface area contributed by atoms with E-state index in [9.17, 15) is 19.5 Å². The number of hydrogen-bond donors (Lipinski definition) is 1. The lowest BCUT2D eigenvalue weighted by Crippen LogP contribution is -2.44. The molecule has 0 saturated heterocycles. The average Bonchev–Trinajstić information content (AvgIpc) is 2.70. The molecule has 0 spiro atoms. The van der Waals surface area contributed by atoms with Crippen LogP contribution in [0.3, 0.4) is 0 Å². The largest absolute Gasteiger partial charge is 0.478 e. The molecule has 0 radical (unpaired) electrons. The minimum atomic E-state index is -1.69. The lowest BCUT2D eigenvalue weighted by atomic mass is 10.1. The van der Waals surface area contributed by atoms with Gasteiger partial charge in [0.05, 0.1) is 11.1 Å². The molecule has 0 saturated carbocycles. The van der Waals surface area contributed by atoms with E-state index in [2.05, 4.69) is 0 Å². The lowest BCUT2D eigenvalue weighted by molar-refractivity contribution is -0.179. The topological polar surface area (TPSA) is 83.9 Å². The molecule has 1 aromatic rings. The first kappa shape index (κ1) is 15.5. The van der Waals surface area contributed by atoms with Gasteiger partial charge >= 0.3 is 5.97 Å². The number of imide groups is 1. The van der Waals surface area contributed by atoms with Crippen LogP contribution in [0.4, 0.5) is 0 Å². The van der Waals surface area contributed by atoms with Crippen molar-refractivity contribution >= 4 is 29.5 Å². The minimum absolute atomic E-state index is 0.218. The monoisotopic (exact) mass is 309 g/mol. The van der Waals surface area contributed by atoms with Gasteiger partial charge < -0.3 is 5.11 Å². The van der Waals surface area contributed by atoms with Crippen LogP contribution < -0.4 is 0 Å². The van der Waals surface area contributed by atoms with Crippen molar-refractivity contribution in [2.24, 2.45) is 0 Å². The molecule has 2 amide bonds. The van der Waals surface area contributed by atoms with Gasteiger partial charge in [0.15, 0.2) is 0 Å². The van der Waals surface area contributed by atoms with Crippen molar-refractivity contribution in [3.8, 4) is 0 Å². The summed E-state index contributed by atoms with van der Waals surface area (Å²) in [6, 6.07) is 6.29. The molecule has 1 unspecified atom stereocenters. The number of hydroxylamine groups is 2. The van der Waals surface area contributed by atoms with Gasteiger partial charge in [-0.25, -0.2) is 9.63 Å². The van der Waals surface area contributed by atoms with Crippen molar-refractivity contribution < 1.29 is 24.3 Å². The van der Waals surface area contributed by atoms with Crippen molar-refractivity contribution in [2.45, 2.75) is 25.2 Å². The van der Waals surface area contributed by atoms with Crippen LogP contribution in [0, 0.1) is 0 Å².